The molecule has 0 spiro atoms. The average Bonchev–Trinajstić information content (AvgIpc) is 3.00. The first-order valence-corrected chi connectivity index (χ1v) is 6.66. The van der Waals surface area contributed by atoms with E-state index in [-0.39, 0.29) is 11.8 Å². The van der Waals surface area contributed by atoms with Gasteiger partial charge < -0.3 is 10.1 Å². The average molecular weight is 272 g/mol. The third-order valence-corrected chi connectivity index (χ3v) is 3.40. The Bertz CT molecular complexity index is 583. The van der Waals surface area contributed by atoms with Gasteiger partial charge in [0.05, 0.1) is 17.8 Å². The quantitative estimate of drug-likeness (QED) is 0.859. The molecule has 0 fully saturated rings. The fourth-order valence-electron chi connectivity index (χ4n) is 2.30. The molecule has 6 heteroatoms. The summed E-state index contributed by atoms with van der Waals surface area (Å²) in [5.74, 6) is 0.796. The Morgan fingerprint density at radius 3 is 3.20 bits per heavy atom. The van der Waals surface area contributed by atoms with Crippen molar-refractivity contribution in [1.82, 2.24) is 20.7 Å². The number of aromatic nitrogens is 3. The van der Waals surface area contributed by atoms with Crippen LogP contribution in [0.1, 0.15) is 11.3 Å². The first-order valence-electron chi connectivity index (χ1n) is 6.66. The van der Waals surface area contributed by atoms with Crippen LogP contribution in [0.4, 0.5) is 0 Å². The number of carbonyl (C=O) groups excluding carboxylic acids is 1. The maximum atomic E-state index is 12.1. The van der Waals surface area contributed by atoms with Crippen LogP contribution in [-0.2, 0) is 17.6 Å². The normalized spacial score (nSPS) is 17.1. The maximum Gasteiger partial charge on any atom is 0.226 e. The first-order chi connectivity index (χ1) is 9.83. The molecule has 0 saturated heterocycles. The molecule has 2 heterocycles. The molecule has 1 amide bonds. The van der Waals surface area contributed by atoms with Gasteiger partial charge in [-0.25, -0.2) is 0 Å². The molecule has 1 unspecified atom stereocenters. The van der Waals surface area contributed by atoms with Gasteiger partial charge in [-0.15, -0.1) is 0 Å². The number of benzene rings is 1. The summed E-state index contributed by atoms with van der Waals surface area (Å²) in [6, 6.07) is 7.85. The predicted molar refractivity (Wildman–Crippen MR) is 72.2 cm³/mol. The van der Waals surface area contributed by atoms with Crippen molar-refractivity contribution in [3.8, 4) is 5.75 Å². The van der Waals surface area contributed by atoms with Crippen molar-refractivity contribution in [2.45, 2.75) is 12.8 Å². The number of rotatable bonds is 4. The number of nitrogens with one attached hydrogen (secondary N) is 2. The zero-order valence-electron chi connectivity index (χ0n) is 11.0. The second-order valence-corrected chi connectivity index (χ2v) is 4.82. The number of fused-ring (bicyclic) bond motifs is 1. The molecule has 0 aliphatic carbocycles. The number of hydrogen-bond acceptors (Lipinski definition) is 4. The highest BCUT2D eigenvalue weighted by Crippen LogP contribution is 2.26. The topological polar surface area (TPSA) is 79.9 Å². The van der Waals surface area contributed by atoms with E-state index in [0.717, 1.165) is 23.4 Å². The number of aromatic amines is 1. The minimum atomic E-state index is -0.123. The summed E-state index contributed by atoms with van der Waals surface area (Å²) in [5, 5.41) is 13.1. The number of amides is 1. The Kier molecular flexibility index (Phi) is 3.62. The third kappa shape index (κ3) is 2.79. The number of carbonyl (C=O) groups is 1. The standard InChI is InChI=1S/C14H16N4O2/c19-14(15-6-5-12-8-16-18-17-12)11-7-10-3-1-2-4-13(10)20-9-11/h1-4,8,11H,5-7,9H2,(H,15,19)(H,16,17,18). The van der Waals surface area contributed by atoms with Crippen molar-refractivity contribution < 1.29 is 9.53 Å². The van der Waals surface area contributed by atoms with Gasteiger partial charge in [-0.3, -0.25) is 4.79 Å². The zero-order chi connectivity index (χ0) is 13.8. The van der Waals surface area contributed by atoms with Crippen molar-refractivity contribution in [3.05, 3.63) is 41.7 Å². The molecular weight excluding hydrogens is 256 g/mol. The van der Waals surface area contributed by atoms with Crippen LogP contribution in [0.3, 0.4) is 0 Å². The van der Waals surface area contributed by atoms with E-state index in [0.29, 0.717) is 19.6 Å². The van der Waals surface area contributed by atoms with E-state index in [1.165, 1.54) is 0 Å². The van der Waals surface area contributed by atoms with Crippen LogP contribution >= 0.6 is 0 Å². The SMILES string of the molecule is O=C(NCCc1cn[nH]n1)C1COc2ccccc2C1. The van der Waals surface area contributed by atoms with E-state index in [1.807, 2.05) is 24.3 Å². The lowest BCUT2D eigenvalue weighted by Gasteiger charge is -2.24. The van der Waals surface area contributed by atoms with Gasteiger partial charge in [0.15, 0.2) is 0 Å². The van der Waals surface area contributed by atoms with Gasteiger partial charge in [-0.2, -0.15) is 15.4 Å². The summed E-state index contributed by atoms with van der Waals surface area (Å²) in [6.45, 7) is 0.996. The molecule has 1 atom stereocenters. The number of para-hydroxylation sites is 1. The molecule has 1 aromatic carbocycles. The minimum Gasteiger partial charge on any atom is -0.492 e. The first kappa shape index (κ1) is 12.7. The predicted octanol–water partition coefficient (Wildman–Crippen LogP) is 0.715. The van der Waals surface area contributed by atoms with Crippen LogP contribution in [0.15, 0.2) is 30.5 Å². The summed E-state index contributed by atoms with van der Waals surface area (Å²) in [7, 11) is 0. The largest absolute Gasteiger partial charge is 0.492 e. The highest BCUT2D eigenvalue weighted by Gasteiger charge is 2.25. The van der Waals surface area contributed by atoms with Crippen molar-refractivity contribution in [1.29, 1.82) is 0 Å². The lowest BCUT2D eigenvalue weighted by molar-refractivity contribution is -0.126. The number of nitrogens with zero attached hydrogens (tertiary/aromatic N) is 2. The van der Waals surface area contributed by atoms with Crippen molar-refractivity contribution in [2.75, 3.05) is 13.2 Å². The van der Waals surface area contributed by atoms with Crippen LogP contribution in [0.2, 0.25) is 0 Å². The molecule has 2 aromatic rings. The number of H-pyrrole nitrogens is 1. The Labute approximate surface area is 116 Å². The molecule has 0 saturated carbocycles. The van der Waals surface area contributed by atoms with Crippen molar-refractivity contribution in [2.24, 2.45) is 5.92 Å². The minimum absolute atomic E-state index is 0.0306. The Hall–Kier alpha value is -2.37. The molecule has 1 aliphatic rings. The second-order valence-electron chi connectivity index (χ2n) is 4.82. The third-order valence-electron chi connectivity index (χ3n) is 3.40. The van der Waals surface area contributed by atoms with Crippen LogP contribution < -0.4 is 10.1 Å². The van der Waals surface area contributed by atoms with Gasteiger partial charge in [0, 0.05) is 13.0 Å². The summed E-state index contributed by atoms with van der Waals surface area (Å²) < 4.78 is 5.62. The Morgan fingerprint density at radius 1 is 1.45 bits per heavy atom. The summed E-state index contributed by atoms with van der Waals surface area (Å²) in [4.78, 5) is 12.1. The Morgan fingerprint density at radius 2 is 2.35 bits per heavy atom. The van der Waals surface area contributed by atoms with Crippen LogP contribution in [0.5, 0.6) is 5.75 Å². The summed E-state index contributed by atoms with van der Waals surface area (Å²) in [5.41, 5.74) is 1.94. The molecule has 3 rings (SSSR count). The van der Waals surface area contributed by atoms with Gasteiger partial charge >= 0.3 is 0 Å². The molecule has 104 valence electrons. The second kappa shape index (κ2) is 5.73. The van der Waals surface area contributed by atoms with Crippen molar-refractivity contribution >= 4 is 5.91 Å². The van der Waals surface area contributed by atoms with E-state index >= 15 is 0 Å². The van der Waals surface area contributed by atoms with Crippen LogP contribution in [-0.4, -0.2) is 34.5 Å². The van der Waals surface area contributed by atoms with Gasteiger partial charge in [-0.1, -0.05) is 18.2 Å². The van der Waals surface area contributed by atoms with E-state index < -0.39 is 0 Å². The molecule has 0 radical (unpaired) electrons. The van der Waals surface area contributed by atoms with E-state index in [9.17, 15) is 4.79 Å². The highest BCUT2D eigenvalue weighted by molar-refractivity contribution is 5.79. The zero-order valence-corrected chi connectivity index (χ0v) is 11.0. The molecule has 2 N–H and O–H groups in total. The van der Waals surface area contributed by atoms with E-state index in [1.54, 1.807) is 6.20 Å². The molecule has 0 bridgehead atoms. The van der Waals surface area contributed by atoms with Gasteiger partial charge in [0.2, 0.25) is 5.91 Å². The van der Waals surface area contributed by atoms with E-state index in [4.69, 9.17) is 4.74 Å². The molecule has 20 heavy (non-hydrogen) atoms. The Balaban J connectivity index is 1.51. The lowest BCUT2D eigenvalue weighted by atomic mass is 9.96. The molecule has 1 aromatic heterocycles. The summed E-state index contributed by atoms with van der Waals surface area (Å²) >= 11 is 0. The fourth-order valence-corrected chi connectivity index (χ4v) is 2.30. The van der Waals surface area contributed by atoms with Crippen LogP contribution in [0, 0.1) is 5.92 Å². The molecular formula is C14H16N4O2. The monoisotopic (exact) mass is 272 g/mol. The van der Waals surface area contributed by atoms with Gasteiger partial charge in [0.1, 0.15) is 12.4 Å². The van der Waals surface area contributed by atoms with Crippen LogP contribution in [0.25, 0.3) is 0 Å². The fraction of sp³-hybridized carbons (Fsp3) is 0.357. The number of ether oxygens (including phenoxy) is 1. The molecule has 1 aliphatic heterocycles. The highest BCUT2D eigenvalue weighted by atomic mass is 16.5. The van der Waals surface area contributed by atoms with Crippen molar-refractivity contribution in [3.63, 3.8) is 0 Å². The number of hydrogen-bond donors (Lipinski definition) is 2. The van der Waals surface area contributed by atoms with Gasteiger partial charge in [0.25, 0.3) is 0 Å². The summed E-state index contributed by atoms with van der Waals surface area (Å²) in [6.07, 6.45) is 3.06. The maximum absolute atomic E-state index is 12.1. The molecule has 6 nitrogen and oxygen atoms in total. The lowest BCUT2D eigenvalue weighted by Crippen LogP contribution is -2.38. The van der Waals surface area contributed by atoms with E-state index in [2.05, 4.69) is 20.7 Å². The smallest absolute Gasteiger partial charge is 0.226 e. The van der Waals surface area contributed by atoms with Gasteiger partial charge in [-0.05, 0) is 18.1 Å².